The summed E-state index contributed by atoms with van der Waals surface area (Å²) in [5, 5.41) is 7.06. The summed E-state index contributed by atoms with van der Waals surface area (Å²) in [6.45, 7) is 7.98. The van der Waals surface area contributed by atoms with E-state index in [-0.39, 0.29) is 5.54 Å². The SMILES string of the molecule is CCNC1(c2nccs2)CCC(C)(C)CC1. The lowest BCUT2D eigenvalue weighted by atomic mass is 9.69. The van der Waals surface area contributed by atoms with E-state index < -0.39 is 0 Å². The van der Waals surface area contributed by atoms with Gasteiger partial charge in [0.2, 0.25) is 0 Å². The second-order valence-corrected chi connectivity index (χ2v) is 6.51. The molecule has 0 unspecified atom stereocenters. The molecule has 1 aromatic rings. The van der Waals surface area contributed by atoms with Gasteiger partial charge in [-0.05, 0) is 37.6 Å². The van der Waals surface area contributed by atoms with Gasteiger partial charge in [-0.1, -0.05) is 20.8 Å². The van der Waals surface area contributed by atoms with Crippen molar-refractivity contribution in [1.82, 2.24) is 10.3 Å². The van der Waals surface area contributed by atoms with Gasteiger partial charge in [-0.3, -0.25) is 0 Å². The van der Waals surface area contributed by atoms with E-state index in [0.717, 1.165) is 6.54 Å². The first-order chi connectivity index (χ1) is 7.58. The molecule has 2 nitrogen and oxygen atoms in total. The predicted molar refractivity (Wildman–Crippen MR) is 69.7 cm³/mol. The van der Waals surface area contributed by atoms with Gasteiger partial charge < -0.3 is 5.32 Å². The summed E-state index contributed by atoms with van der Waals surface area (Å²) in [5.74, 6) is 0. The molecule has 90 valence electrons. The van der Waals surface area contributed by atoms with Crippen LogP contribution in [0.1, 0.15) is 51.5 Å². The highest BCUT2D eigenvalue weighted by molar-refractivity contribution is 7.09. The molecule has 0 aromatic carbocycles. The average Bonchev–Trinajstić information content (AvgIpc) is 2.76. The van der Waals surface area contributed by atoms with Gasteiger partial charge in [0.25, 0.3) is 0 Å². The Morgan fingerprint density at radius 1 is 1.31 bits per heavy atom. The van der Waals surface area contributed by atoms with Gasteiger partial charge in [-0.25, -0.2) is 4.98 Å². The van der Waals surface area contributed by atoms with Crippen LogP contribution in [0.3, 0.4) is 0 Å². The minimum atomic E-state index is 0.165. The summed E-state index contributed by atoms with van der Waals surface area (Å²) < 4.78 is 0. The zero-order valence-electron chi connectivity index (χ0n) is 10.5. The number of thiazole rings is 1. The fraction of sp³-hybridized carbons (Fsp3) is 0.769. The van der Waals surface area contributed by atoms with Crippen LogP contribution in [0.15, 0.2) is 11.6 Å². The quantitative estimate of drug-likeness (QED) is 0.871. The van der Waals surface area contributed by atoms with Crippen LogP contribution in [-0.2, 0) is 5.54 Å². The van der Waals surface area contributed by atoms with E-state index in [4.69, 9.17) is 0 Å². The van der Waals surface area contributed by atoms with Gasteiger partial charge >= 0.3 is 0 Å². The number of aromatic nitrogens is 1. The molecule has 0 amide bonds. The first-order valence-corrected chi connectivity index (χ1v) is 7.11. The summed E-state index contributed by atoms with van der Waals surface area (Å²) >= 11 is 1.79. The standard InChI is InChI=1S/C13H22N2S/c1-4-15-13(11-14-9-10-16-11)7-5-12(2,3)6-8-13/h9-10,15H,4-8H2,1-3H3. The van der Waals surface area contributed by atoms with E-state index in [1.165, 1.54) is 30.7 Å². The molecule has 0 aliphatic heterocycles. The van der Waals surface area contributed by atoms with Gasteiger partial charge in [0.15, 0.2) is 0 Å². The van der Waals surface area contributed by atoms with Gasteiger partial charge in [-0.15, -0.1) is 11.3 Å². The largest absolute Gasteiger partial charge is 0.306 e. The molecule has 1 aromatic heterocycles. The lowest BCUT2D eigenvalue weighted by Gasteiger charge is -2.43. The third kappa shape index (κ3) is 2.30. The van der Waals surface area contributed by atoms with Crippen LogP contribution in [0.4, 0.5) is 0 Å². The van der Waals surface area contributed by atoms with Gasteiger partial charge in [0, 0.05) is 11.6 Å². The van der Waals surface area contributed by atoms with Gasteiger partial charge in [0.05, 0.1) is 5.54 Å². The molecule has 1 N–H and O–H groups in total. The molecule has 1 heterocycles. The van der Waals surface area contributed by atoms with E-state index >= 15 is 0 Å². The number of nitrogens with zero attached hydrogens (tertiary/aromatic N) is 1. The fourth-order valence-corrected chi connectivity index (χ4v) is 3.49. The first kappa shape index (κ1) is 12.1. The lowest BCUT2D eigenvalue weighted by molar-refractivity contribution is 0.135. The van der Waals surface area contributed by atoms with E-state index in [2.05, 4.69) is 36.5 Å². The van der Waals surface area contributed by atoms with Gasteiger partial charge in [-0.2, -0.15) is 0 Å². The molecule has 0 bridgehead atoms. The highest BCUT2D eigenvalue weighted by Gasteiger charge is 2.40. The highest BCUT2D eigenvalue weighted by atomic mass is 32.1. The van der Waals surface area contributed by atoms with Crippen LogP contribution in [0, 0.1) is 5.41 Å². The number of rotatable bonds is 3. The first-order valence-electron chi connectivity index (χ1n) is 6.23. The molecule has 1 saturated carbocycles. The zero-order chi connectivity index (χ0) is 11.6. The van der Waals surface area contributed by atoms with E-state index in [1.807, 2.05) is 6.20 Å². The lowest BCUT2D eigenvalue weighted by Crippen LogP contribution is -2.46. The van der Waals surface area contributed by atoms with Gasteiger partial charge in [0.1, 0.15) is 5.01 Å². The molecule has 1 aliphatic carbocycles. The van der Waals surface area contributed by atoms with E-state index in [9.17, 15) is 0 Å². The van der Waals surface area contributed by atoms with Crippen LogP contribution >= 0.6 is 11.3 Å². The summed E-state index contributed by atoms with van der Waals surface area (Å²) in [5.41, 5.74) is 0.675. The van der Waals surface area contributed by atoms with Crippen LogP contribution in [0.5, 0.6) is 0 Å². The Balaban J connectivity index is 2.19. The number of nitrogens with one attached hydrogen (secondary N) is 1. The van der Waals surface area contributed by atoms with Crippen molar-refractivity contribution in [2.45, 2.75) is 52.0 Å². The third-order valence-corrected chi connectivity index (χ3v) is 4.79. The average molecular weight is 238 g/mol. The predicted octanol–water partition coefficient (Wildman–Crippen LogP) is 3.55. The smallest absolute Gasteiger partial charge is 0.113 e. The molecular formula is C13H22N2S. The topological polar surface area (TPSA) is 24.9 Å². The van der Waals surface area contributed by atoms with Crippen molar-refractivity contribution >= 4 is 11.3 Å². The zero-order valence-corrected chi connectivity index (χ0v) is 11.4. The monoisotopic (exact) mass is 238 g/mol. The van der Waals surface area contributed by atoms with Crippen molar-refractivity contribution in [3.63, 3.8) is 0 Å². The maximum absolute atomic E-state index is 4.53. The van der Waals surface area contributed by atoms with Crippen molar-refractivity contribution in [2.75, 3.05) is 6.54 Å². The molecule has 2 rings (SSSR count). The van der Waals surface area contributed by atoms with Crippen LogP contribution < -0.4 is 5.32 Å². The normalized spacial score (nSPS) is 23.2. The Kier molecular flexibility index (Phi) is 3.36. The molecule has 0 spiro atoms. The molecule has 0 radical (unpaired) electrons. The van der Waals surface area contributed by atoms with Crippen LogP contribution in [0.2, 0.25) is 0 Å². The minimum absolute atomic E-state index is 0.165. The van der Waals surface area contributed by atoms with Crippen molar-refractivity contribution in [1.29, 1.82) is 0 Å². The van der Waals surface area contributed by atoms with Crippen molar-refractivity contribution in [3.8, 4) is 0 Å². The summed E-state index contributed by atoms with van der Waals surface area (Å²) in [6.07, 6.45) is 6.96. The molecular weight excluding hydrogens is 216 g/mol. The number of hydrogen-bond donors (Lipinski definition) is 1. The molecule has 3 heteroatoms. The Labute approximate surface area is 102 Å². The highest BCUT2D eigenvalue weighted by Crippen LogP contribution is 2.45. The third-order valence-electron chi connectivity index (χ3n) is 3.81. The molecule has 1 fully saturated rings. The fourth-order valence-electron chi connectivity index (χ4n) is 2.62. The second kappa shape index (κ2) is 4.46. The van der Waals surface area contributed by atoms with Crippen LogP contribution in [-0.4, -0.2) is 11.5 Å². The number of hydrogen-bond acceptors (Lipinski definition) is 3. The summed E-state index contributed by atoms with van der Waals surface area (Å²) in [7, 11) is 0. The van der Waals surface area contributed by atoms with E-state index in [0.29, 0.717) is 5.41 Å². The van der Waals surface area contributed by atoms with Crippen molar-refractivity contribution in [2.24, 2.45) is 5.41 Å². The van der Waals surface area contributed by atoms with Crippen molar-refractivity contribution < 1.29 is 0 Å². The molecule has 0 atom stereocenters. The maximum atomic E-state index is 4.53. The molecule has 16 heavy (non-hydrogen) atoms. The Hall–Kier alpha value is -0.410. The minimum Gasteiger partial charge on any atom is -0.306 e. The van der Waals surface area contributed by atoms with Crippen LogP contribution in [0.25, 0.3) is 0 Å². The Morgan fingerprint density at radius 2 is 2.00 bits per heavy atom. The maximum Gasteiger partial charge on any atom is 0.113 e. The Morgan fingerprint density at radius 3 is 2.50 bits per heavy atom. The molecule has 1 aliphatic rings. The second-order valence-electron chi connectivity index (χ2n) is 5.61. The van der Waals surface area contributed by atoms with Crippen molar-refractivity contribution in [3.05, 3.63) is 16.6 Å². The molecule has 0 saturated heterocycles. The van der Waals surface area contributed by atoms with E-state index in [1.54, 1.807) is 11.3 Å². The Bertz CT molecular complexity index is 320. The summed E-state index contributed by atoms with van der Waals surface area (Å²) in [4.78, 5) is 4.53. The summed E-state index contributed by atoms with van der Waals surface area (Å²) in [6, 6.07) is 0.